The van der Waals surface area contributed by atoms with Crippen molar-refractivity contribution in [2.45, 2.75) is 66.2 Å². The summed E-state index contributed by atoms with van der Waals surface area (Å²) in [7, 11) is 0. The van der Waals surface area contributed by atoms with Gasteiger partial charge in [0.25, 0.3) is 0 Å². The Morgan fingerprint density at radius 2 is 2.00 bits per heavy atom. The number of rotatable bonds is 6. The molecular weight excluding hydrogens is 204 g/mol. The van der Waals surface area contributed by atoms with E-state index >= 15 is 0 Å². The Morgan fingerprint density at radius 3 is 2.41 bits per heavy atom. The molecule has 0 heteroatoms. The van der Waals surface area contributed by atoms with Crippen LogP contribution >= 0.6 is 0 Å². The fraction of sp³-hybridized carbons (Fsp3) is 0.706. The summed E-state index contributed by atoms with van der Waals surface area (Å²) in [4.78, 5) is 0. The molecule has 0 amide bonds. The molecule has 0 N–H and O–H groups in total. The Balaban J connectivity index is 2.87. The van der Waals surface area contributed by atoms with Gasteiger partial charge in [-0.25, -0.2) is 0 Å². The monoisotopic (exact) mass is 232 g/mol. The van der Waals surface area contributed by atoms with Gasteiger partial charge in [-0.2, -0.15) is 0 Å². The first-order valence-electron chi connectivity index (χ1n) is 7.21. The van der Waals surface area contributed by atoms with E-state index in [0.717, 1.165) is 18.8 Å². The molecule has 0 spiro atoms. The Bertz CT molecular complexity index is 322. The molecule has 1 fully saturated rings. The summed E-state index contributed by atoms with van der Waals surface area (Å²) in [6, 6.07) is 0. The van der Waals surface area contributed by atoms with Crippen molar-refractivity contribution >= 4 is 0 Å². The molecular formula is C17H28. The largest absolute Gasteiger partial charge is 0.122 e. The number of hydrogen-bond donors (Lipinski definition) is 0. The third kappa shape index (κ3) is 4.21. The van der Waals surface area contributed by atoms with Gasteiger partial charge in [0.2, 0.25) is 0 Å². The van der Waals surface area contributed by atoms with Gasteiger partial charge in [0.15, 0.2) is 0 Å². The van der Waals surface area contributed by atoms with Crippen LogP contribution in [0.3, 0.4) is 0 Å². The van der Waals surface area contributed by atoms with Gasteiger partial charge in [-0.3, -0.25) is 0 Å². The zero-order valence-electron chi connectivity index (χ0n) is 12.1. The van der Waals surface area contributed by atoms with Gasteiger partial charge in [0, 0.05) is 0 Å². The van der Waals surface area contributed by atoms with Crippen LogP contribution in [0.4, 0.5) is 0 Å². The molecule has 0 aliphatic heterocycles. The molecule has 1 saturated carbocycles. The van der Waals surface area contributed by atoms with Crippen molar-refractivity contribution in [1.29, 1.82) is 0 Å². The SMILES string of the molecule is C=C(CC)CC(=C=C(C)C(C)CC)C1CCC1. The first-order chi connectivity index (χ1) is 8.08. The Hall–Kier alpha value is -0.740. The Kier molecular flexibility index (Phi) is 5.78. The van der Waals surface area contributed by atoms with Crippen molar-refractivity contribution in [1.82, 2.24) is 0 Å². The van der Waals surface area contributed by atoms with Crippen LogP contribution in [-0.2, 0) is 0 Å². The van der Waals surface area contributed by atoms with Gasteiger partial charge >= 0.3 is 0 Å². The zero-order chi connectivity index (χ0) is 12.8. The smallest absolute Gasteiger partial charge is 0.00322 e. The molecule has 0 bridgehead atoms. The zero-order valence-corrected chi connectivity index (χ0v) is 12.1. The second-order valence-corrected chi connectivity index (χ2v) is 5.55. The van der Waals surface area contributed by atoms with E-state index in [9.17, 15) is 0 Å². The van der Waals surface area contributed by atoms with E-state index in [1.807, 2.05) is 0 Å². The minimum absolute atomic E-state index is 0.667. The van der Waals surface area contributed by atoms with Crippen LogP contribution in [0.5, 0.6) is 0 Å². The maximum atomic E-state index is 4.16. The molecule has 0 aromatic carbocycles. The first-order valence-corrected chi connectivity index (χ1v) is 7.21. The second-order valence-electron chi connectivity index (χ2n) is 5.55. The minimum Gasteiger partial charge on any atom is -0.122 e. The van der Waals surface area contributed by atoms with Crippen molar-refractivity contribution in [3.05, 3.63) is 29.0 Å². The van der Waals surface area contributed by atoms with Crippen LogP contribution in [0.25, 0.3) is 0 Å². The topological polar surface area (TPSA) is 0 Å². The molecule has 0 radical (unpaired) electrons. The van der Waals surface area contributed by atoms with Gasteiger partial charge in [-0.05, 0) is 62.0 Å². The fourth-order valence-corrected chi connectivity index (χ4v) is 2.12. The van der Waals surface area contributed by atoms with Crippen LogP contribution in [0.2, 0.25) is 0 Å². The van der Waals surface area contributed by atoms with Crippen LogP contribution in [0.15, 0.2) is 29.0 Å². The number of hydrogen-bond acceptors (Lipinski definition) is 0. The minimum atomic E-state index is 0.667. The van der Waals surface area contributed by atoms with E-state index in [2.05, 4.69) is 40.0 Å². The summed E-state index contributed by atoms with van der Waals surface area (Å²) in [6.45, 7) is 13.1. The normalized spacial score (nSPS) is 16.9. The maximum Gasteiger partial charge on any atom is -0.00322 e. The predicted molar refractivity (Wildman–Crippen MR) is 77.1 cm³/mol. The molecule has 1 aliphatic carbocycles. The summed E-state index contributed by atoms with van der Waals surface area (Å²) >= 11 is 0. The van der Waals surface area contributed by atoms with Gasteiger partial charge < -0.3 is 0 Å². The first kappa shape index (κ1) is 14.3. The standard InChI is InChI=1S/C17H28/c1-6-13(3)11-17(16-9-8-10-16)12-15(5)14(4)7-2/h14,16H,3,6-11H2,1-2,4-5H3. The highest BCUT2D eigenvalue weighted by molar-refractivity contribution is 5.20. The summed E-state index contributed by atoms with van der Waals surface area (Å²) < 4.78 is 0. The van der Waals surface area contributed by atoms with Crippen molar-refractivity contribution < 1.29 is 0 Å². The Labute approximate surface area is 108 Å². The Morgan fingerprint density at radius 1 is 1.35 bits per heavy atom. The molecule has 1 unspecified atom stereocenters. The highest BCUT2D eigenvalue weighted by atomic mass is 14.3. The van der Waals surface area contributed by atoms with E-state index in [1.54, 1.807) is 0 Å². The van der Waals surface area contributed by atoms with Gasteiger partial charge in [-0.15, -0.1) is 5.73 Å². The molecule has 0 saturated heterocycles. The lowest BCUT2D eigenvalue weighted by atomic mass is 9.77. The molecule has 1 aliphatic rings. The van der Waals surface area contributed by atoms with Gasteiger partial charge in [-0.1, -0.05) is 39.3 Å². The van der Waals surface area contributed by atoms with Crippen LogP contribution in [0.1, 0.15) is 66.2 Å². The maximum absolute atomic E-state index is 4.16. The molecule has 1 rings (SSSR count). The molecule has 0 aromatic rings. The van der Waals surface area contributed by atoms with E-state index in [0.29, 0.717) is 5.92 Å². The second kappa shape index (κ2) is 6.87. The summed E-state index contributed by atoms with van der Waals surface area (Å²) in [5.41, 5.74) is 8.02. The lowest BCUT2D eigenvalue weighted by Crippen LogP contribution is -2.14. The third-order valence-corrected chi connectivity index (χ3v) is 4.25. The fourth-order valence-electron chi connectivity index (χ4n) is 2.12. The summed E-state index contributed by atoms with van der Waals surface area (Å²) in [5, 5.41) is 0. The van der Waals surface area contributed by atoms with Crippen LogP contribution < -0.4 is 0 Å². The molecule has 96 valence electrons. The molecule has 0 nitrogen and oxygen atoms in total. The van der Waals surface area contributed by atoms with Crippen molar-refractivity contribution in [3.63, 3.8) is 0 Å². The average Bonchev–Trinajstić information content (AvgIpc) is 2.25. The summed E-state index contributed by atoms with van der Waals surface area (Å²) in [6.07, 6.45) is 7.53. The predicted octanol–water partition coefficient (Wildman–Crippen LogP) is 5.66. The average molecular weight is 232 g/mol. The molecule has 17 heavy (non-hydrogen) atoms. The molecule has 1 atom stereocenters. The lowest BCUT2D eigenvalue weighted by Gasteiger charge is -2.27. The molecule has 0 heterocycles. The van der Waals surface area contributed by atoms with E-state index in [4.69, 9.17) is 0 Å². The molecule has 0 aromatic heterocycles. The highest BCUT2D eigenvalue weighted by Crippen LogP contribution is 2.36. The lowest BCUT2D eigenvalue weighted by molar-refractivity contribution is 0.362. The highest BCUT2D eigenvalue weighted by Gasteiger charge is 2.22. The van der Waals surface area contributed by atoms with Gasteiger partial charge in [0.1, 0.15) is 0 Å². The summed E-state index contributed by atoms with van der Waals surface area (Å²) in [5.74, 6) is 1.47. The third-order valence-electron chi connectivity index (χ3n) is 4.25. The van der Waals surface area contributed by atoms with Crippen molar-refractivity contribution in [2.75, 3.05) is 0 Å². The van der Waals surface area contributed by atoms with Crippen LogP contribution in [-0.4, -0.2) is 0 Å². The van der Waals surface area contributed by atoms with E-state index < -0.39 is 0 Å². The van der Waals surface area contributed by atoms with E-state index in [1.165, 1.54) is 42.4 Å². The van der Waals surface area contributed by atoms with Crippen molar-refractivity contribution in [3.8, 4) is 0 Å². The van der Waals surface area contributed by atoms with Crippen molar-refractivity contribution in [2.24, 2.45) is 11.8 Å². The van der Waals surface area contributed by atoms with E-state index in [-0.39, 0.29) is 0 Å². The van der Waals surface area contributed by atoms with Crippen LogP contribution in [0, 0.1) is 11.8 Å². The van der Waals surface area contributed by atoms with Gasteiger partial charge in [0.05, 0.1) is 0 Å². The quantitative estimate of drug-likeness (QED) is 0.409. The number of allylic oxidation sites excluding steroid dienone is 2.